The maximum absolute atomic E-state index is 12.9. The lowest BCUT2D eigenvalue weighted by molar-refractivity contribution is 0.0310. The molecule has 2 aromatic rings. The molecule has 0 spiro atoms. The summed E-state index contributed by atoms with van der Waals surface area (Å²) in [5, 5.41) is 0. The molecule has 1 N–H and O–H groups in total. The van der Waals surface area contributed by atoms with Gasteiger partial charge in [-0.05, 0) is 45.4 Å². The quantitative estimate of drug-likeness (QED) is 0.533. The first-order chi connectivity index (χ1) is 13.8. The fraction of sp³-hybridized carbons (Fsp3) is 0.381. The van der Waals surface area contributed by atoms with Gasteiger partial charge in [0.2, 0.25) is 5.78 Å². The summed E-state index contributed by atoms with van der Waals surface area (Å²) in [6.07, 6.45) is -1.11. The van der Waals surface area contributed by atoms with Crippen molar-refractivity contribution < 1.29 is 33.3 Å². The molecule has 0 fully saturated rings. The highest BCUT2D eigenvalue weighted by molar-refractivity contribution is 6.05. The first kappa shape index (κ1) is 22.0. The minimum Gasteiger partial charge on any atom is -0.496 e. The van der Waals surface area contributed by atoms with Crippen LogP contribution in [0.5, 0.6) is 11.5 Å². The predicted molar refractivity (Wildman–Crippen MR) is 105 cm³/mol. The number of benzene rings is 1. The summed E-state index contributed by atoms with van der Waals surface area (Å²) in [4.78, 5) is 40.6. The number of aromatic nitrogens is 1. The first-order valence-corrected chi connectivity index (χ1v) is 9.09. The summed E-state index contributed by atoms with van der Waals surface area (Å²) < 4.78 is 20.8. The Morgan fingerprint density at radius 3 is 2.10 bits per heavy atom. The van der Waals surface area contributed by atoms with Crippen LogP contribution in [0.2, 0.25) is 0 Å². The van der Waals surface area contributed by atoms with Gasteiger partial charge in [0.15, 0.2) is 6.10 Å². The predicted octanol–water partition coefficient (Wildman–Crippen LogP) is 3.25. The third kappa shape index (κ3) is 4.42. The zero-order valence-corrected chi connectivity index (χ0v) is 17.4. The monoisotopic (exact) mass is 403 g/mol. The number of aryl methyl sites for hydroxylation is 1. The molecule has 156 valence electrons. The zero-order valence-electron chi connectivity index (χ0n) is 17.4. The molecule has 8 nitrogen and oxygen atoms in total. The molecule has 29 heavy (non-hydrogen) atoms. The van der Waals surface area contributed by atoms with E-state index >= 15 is 0 Å². The second-order valence-electron chi connectivity index (χ2n) is 6.29. The molecule has 0 amide bonds. The minimum absolute atomic E-state index is 0.0868. The molecule has 0 aliphatic heterocycles. The van der Waals surface area contributed by atoms with Crippen molar-refractivity contribution in [1.82, 2.24) is 4.98 Å². The van der Waals surface area contributed by atoms with Gasteiger partial charge >= 0.3 is 11.9 Å². The minimum atomic E-state index is -1.11. The molecule has 1 aromatic carbocycles. The number of Topliss-reactive ketones (excluding diaryl/α,β-unsaturated/α-hetero) is 1. The molecule has 1 heterocycles. The lowest BCUT2D eigenvalue weighted by Gasteiger charge is -2.15. The van der Waals surface area contributed by atoms with E-state index in [0.717, 1.165) is 0 Å². The van der Waals surface area contributed by atoms with Crippen molar-refractivity contribution in [3.8, 4) is 11.5 Å². The fourth-order valence-corrected chi connectivity index (χ4v) is 3.03. The zero-order chi connectivity index (χ0) is 21.7. The van der Waals surface area contributed by atoms with Gasteiger partial charge in [-0.1, -0.05) is 6.07 Å². The van der Waals surface area contributed by atoms with Crippen LogP contribution in [0.25, 0.3) is 0 Å². The number of H-pyrrole nitrogens is 1. The van der Waals surface area contributed by atoms with E-state index in [1.807, 2.05) is 0 Å². The Morgan fingerprint density at radius 1 is 1.00 bits per heavy atom. The van der Waals surface area contributed by atoms with E-state index in [2.05, 4.69) is 4.98 Å². The largest absolute Gasteiger partial charge is 0.496 e. The van der Waals surface area contributed by atoms with Crippen LogP contribution in [-0.4, -0.2) is 49.6 Å². The van der Waals surface area contributed by atoms with Crippen LogP contribution < -0.4 is 9.47 Å². The van der Waals surface area contributed by atoms with Crippen LogP contribution in [0, 0.1) is 13.8 Å². The number of hydrogen-bond acceptors (Lipinski definition) is 7. The summed E-state index contributed by atoms with van der Waals surface area (Å²) in [6, 6.07) is 4.86. The first-order valence-electron chi connectivity index (χ1n) is 9.09. The summed E-state index contributed by atoms with van der Waals surface area (Å²) in [7, 11) is 2.84. The van der Waals surface area contributed by atoms with Crippen molar-refractivity contribution >= 4 is 17.7 Å². The Hall–Kier alpha value is -3.29. The topological polar surface area (TPSA) is 104 Å². The van der Waals surface area contributed by atoms with Gasteiger partial charge in [-0.3, -0.25) is 4.79 Å². The van der Waals surface area contributed by atoms with Crippen LogP contribution in [0.4, 0.5) is 0 Å². The molecule has 0 saturated carbocycles. The normalized spacial score (nSPS) is 11.5. The number of aromatic amines is 1. The second kappa shape index (κ2) is 9.27. The molecule has 1 atom stereocenters. The Bertz CT molecular complexity index is 907. The summed E-state index contributed by atoms with van der Waals surface area (Å²) in [5.74, 6) is -1.20. The fourth-order valence-electron chi connectivity index (χ4n) is 3.03. The van der Waals surface area contributed by atoms with Crippen LogP contribution in [0.1, 0.15) is 56.3 Å². The molecular formula is C21H25NO7. The smallest absolute Gasteiger partial charge is 0.346 e. The lowest BCUT2D eigenvalue weighted by Crippen LogP contribution is -2.26. The average molecular weight is 403 g/mol. The highest BCUT2D eigenvalue weighted by Gasteiger charge is 2.29. The number of ketones is 1. The molecule has 8 heteroatoms. The SMILES string of the molecule is CCOC(=O)c1c(C)[nH]c(C(=O)[C@@H](C)OC(=O)c2c(OC)cccc2OC)c1C. The molecule has 0 unspecified atom stereocenters. The standard InChI is InChI=1S/C21H25NO7/c1-7-28-20(24)16-11(2)18(22-12(16)3)19(23)13(4)29-21(25)17-14(26-5)9-8-10-15(17)27-6/h8-10,13,22H,7H2,1-6H3/t13-/m1/s1. The number of rotatable bonds is 8. The molecule has 2 rings (SSSR count). The van der Waals surface area contributed by atoms with Crippen LogP contribution in [0.15, 0.2) is 18.2 Å². The van der Waals surface area contributed by atoms with E-state index in [4.69, 9.17) is 18.9 Å². The van der Waals surface area contributed by atoms with E-state index in [-0.39, 0.29) is 29.4 Å². The summed E-state index contributed by atoms with van der Waals surface area (Å²) >= 11 is 0. The molecule has 0 bridgehead atoms. The van der Waals surface area contributed by atoms with E-state index in [1.54, 1.807) is 39.0 Å². The molecule has 1 aromatic heterocycles. The van der Waals surface area contributed by atoms with Gasteiger partial charge in [0.05, 0.1) is 32.1 Å². The molecule has 0 aliphatic rings. The van der Waals surface area contributed by atoms with Crippen molar-refractivity contribution in [3.05, 3.63) is 46.3 Å². The number of nitrogens with one attached hydrogen (secondary N) is 1. The Labute approximate surface area is 169 Å². The summed E-state index contributed by atoms with van der Waals surface area (Å²) in [6.45, 7) is 6.70. The van der Waals surface area contributed by atoms with Gasteiger partial charge in [-0.2, -0.15) is 0 Å². The van der Waals surface area contributed by atoms with Crippen molar-refractivity contribution in [1.29, 1.82) is 0 Å². The lowest BCUT2D eigenvalue weighted by atomic mass is 10.1. The van der Waals surface area contributed by atoms with Crippen molar-refractivity contribution in [2.24, 2.45) is 0 Å². The average Bonchev–Trinajstić information content (AvgIpc) is 3.00. The van der Waals surface area contributed by atoms with Gasteiger partial charge in [-0.15, -0.1) is 0 Å². The van der Waals surface area contributed by atoms with Crippen LogP contribution in [0.3, 0.4) is 0 Å². The Morgan fingerprint density at radius 2 is 1.59 bits per heavy atom. The highest BCUT2D eigenvalue weighted by atomic mass is 16.6. The van der Waals surface area contributed by atoms with E-state index in [1.165, 1.54) is 21.1 Å². The third-order valence-electron chi connectivity index (χ3n) is 4.45. The molecule has 0 radical (unpaired) electrons. The third-order valence-corrected chi connectivity index (χ3v) is 4.45. The summed E-state index contributed by atoms with van der Waals surface area (Å²) in [5.41, 5.74) is 1.54. The van der Waals surface area contributed by atoms with Gasteiger partial charge in [0.1, 0.15) is 17.1 Å². The maximum atomic E-state index is 12.9. The van der Waals surface area contributed by atoms with Crippen LogP contribution in [-0.2, 0) is 9.47 Å². The van der Waals surface area contributed by atoms with Gasteiger partial charge < -0.3 is 23.9 Å². The van der Waals surface area contributed by atoms with E-state index < -0.39 is 23.8 Å². The highest BCUT2D eigenvalue weighted by Crippen LogP contribution is 2.29. The molecule has 0 saturated heterocycles. The number of methoxy groups -OCH3 is 2. The molecular weight excluding hydrogens is 378 g/mol. The van der Waals surface area contributed by atoms with Crippen LogP contribution >= 0.6 is 0 Å². The van der Waals surface area contributed by atoms with Gasteiger partial charge in [-0.25, -0.2) is 9.59 Å². The molecule has 0 aliphatic carbocycles. The Balaban J connectivity index is 2.28. The maximum Gasteiger partial charge on any atom is 0.346 e. The van der Waals surface area contributed by atoms with Gasteiger partial charge in [0, 0.05) is 5.69 Å². The van der Waals surface area contributed by atoms with Crippen molar-refractivity contribution in [2.75, 3.05) is 20.8 Å². The number of carbonyl (C=O) groups excluding carboxylic acids is 3. The second-order valence-corrected chi connectivity index (χ2v) is 6.29. The number of carbonyl (C=O) groups is 3. The number of esters is 2. The number of hydrogen-bond donors (Lipinski definition) is 1. The Kier molecular flexibility index (Phi) is 7.03. The van der Waals surface area contributed by atoms with E-state index in [9.17, 15) is 14.4 Å². The van der Waals surface area contributed by atoms with Gasteiger partial charge in [0.25, 0.3) is 0 Å². The van der Waals surface area contributed by atoms with Crippen molar-refractivity contribution in [3.63, 3.8) is 0 Å². The number of ether oxygens (including phenoxy) is 4. The van der Waals surface area contributed by atoms with Crippen molar-refractivity contribution in [2.45, 2.75) is 33.8 Å². The van der Waals surface area contributed by atoms with E-state index in [0.29, 0.717) is 16.8 Å².